The fourth-order valence-electron chi connectivity index (χ4n) is 2.30. The Bertz CT molecular complexity index is 763. The van der Waals surface area contributed by atoms with E-state index in [1.807, 2.05) is 0 Å². The minimum absolute atomic E-state index is 0.136. The van der Waals surface area contributed by atoms with Crippen molar-refractivity contribution < 1.29 is 23.8 Å². The Morgan fingerprint density at radius 1 is 1.00 bits per heavy atom. The van der Waals surface area contributed by atoms with E-state index >= 15 is 0 Å². The molecular weight excluding hydrogens is 287 g/mol. The molecule has 0 aliphatic carbocycles. The lowest BCUT2D eigenvalue weighted by molar-refractivity contribution is -0.149. The highest BCUT2D eigenvalue weighted by Gasteiger charge is 2.42. The maximum Gasteiger partial charge on any atom is 0.380 e. The van der Waals surface area contributed by atoms with Gasteiger partial charge in [-0.15, -0.1) is 0 Å². The molecule has 4 nitrogen and oxygen atoms in total. The van der Waals surface area contributed by atoms with E-state index in [1.54, 1.807) is 30.3 Å². The van der Waals surface area contributed by atoms with Crippen LogP contribution < -0.4 is 0 Å². The maximum atomic E-state index is 13.0. The SMILES string of the molecule is O=C1O[C@H](c2ccc(F)cc2)/C(=C(\O)c2ccccc2)C1=O. The number of esters is 1. The summed E-state index contributed by atoms with van der Waals surface area (Å²) in [5.74, 6) is -2.69. The number of carbonyl (C=O) groups excluding carboxylic acids is 2. The number of Topliss-reactive ketones (excluding diaryl/α,β-unsaturated/α-hetero) is 1. The molecule has 5 heteroatoms. The lowest BCUT2D eigenvalue weighted by Gasteiger charge is -2.12. The van der Waals surface area contributed by atoms with Gasteiger partial charge < -0.3 is 9.84 Å². The Balaban J connectivity index is 2.11. The Kier molecular flexibility index (Phi) is 3.47. The highest BCUT2D eigenvalue weighted by atomic mass is 19.1. The van der Waals surface area contributed by atoms with Crippen LogP contribution in [-0.2, 0) is 14.3 Å². The molecule has 110 valence electrons. The maximum absolute atomic E-state index is 13.0. The minimum atomic E-state index is -1.04. The first-order chi connectivity index (χ1) is 10.6. The van der Waals surface area contributed by atoms with Gasteiger partial charge >= 0.3 is 5.97 Å². The van der Waals surface area contributed by atoms with E-state index in [0.29, 0.717) is 11.1 Å². The van der Waals surface area contributed by atoms with Gasteiger partial charge in [0.15, 0.2) is 6.10 Å². The van der Waals surface area contributed by atoms with E-state index in [2.05, 4.69) is 0 Å². The van der Waals surface area contributed by atoms with Crippen molar-refractivity contribution in [3.8, 4) is 0 Å². The van der Waals surface area contributed by atoms with E-state index in [0.717, 1.165) is 0 Å². The number of benzene rings is 2. The molecule has 0 aromatic heterocycles. The summed E-state index contributed by atoms with van der Waals surface area (Å²) in [6.07, 6.45) is -1.04. The Morgan fingerprint density at radius 2 is 1.64 bits per heavy atom. The molecule has 3 rings (SSSR count). The van der Waals surface area contributed by atoms with Crippen LogP contribution in [0.4, 0.5) is 4.39 Å². The lowest BCUT2D eigenvalue weighted by Crippen LogP contribution is -2.08. The molecule has 1 N–H and O–H groups in total. The first-order valence-electron chi connectivity index (χ1n) is 6.57. The molecule has 0 spiro atoms. The molecule has 0 saturated carbocycles. The Labute approximate surface area is 125 Å². The van der Waals surface area contributed by atoms with Crippen LogP contribution in [-0.4, -0.2) is 16.9 Å². The van der Waals surface area contributed by atoms with Gasteiger partial charge in [-0.3, -0.25) is 4.79 Å². The predicted octanol–water partition coefficient (Wildman–Crippen LogP) is 2.96. The van der Waals surface area contributed by atoms with Crippen molar-refractivity contribution in [3.63, 3.8) is 0 Å². The normalized spacial score (nSPS) is 20.0. The van der Waals surface area contributed by atoms with E-state index in [1.165, 1.54) is 24.3 Å². The van der Waals surface area contributed by atoms with Crippen LogP contribution in [0.25, 0.3) is 5.76 Å². The number of carbonyl (C=O) groups is 2. The zero-order valence-corrected chi connectivity index (χ0v) is 11.3. The summed E-state index contributed by atoms with van der Waals surface area (Å²) in [5.41, 5.74) is 0.678. The van der Waals surface area contributed by atoms with Gasteiger partial charge in [-0.1, -0.05) is 42.5 Å². The van der Waals surface area contributed by atoms with E-state index in [4.69, 9.17) is 4.74 Å². The van der Waals surface area contributed by atoms with Crippen LogP contribution in [0.5, 0.6) is 0 Å². The molecule has 1 fully saturated rings. The van der Waals surface area contributed by atoms with Crippen molar-refractivity contribution in [2.45, 2.75) is 6.10 Å². The second-order valence-corrected chi connectivity index (χ2v) is 4.79. The monoisotopic (exact) mass is 298 g/mol. The molecule has 0 unspecified atom stereocenters. The third kappa shape index (κ3) is 2.37. The van der Waals surface area contributed by atoms with Crippen LogP contribution in [0, 0.1) is 5.82 Å². The van der Waals surface area contributed by atoms with Gasteiger partial charge in [-0.25, -0.2) is 9.18 Å². The van der Waals surface area contributed by atoms with Gasteiger partial charge in [0, 0.05) is 5.56 Å². The van der Waals surface area contributed by atoms with Crippen LogP contribution in [0.1, 0.15) is 17.2 Å². The number of cyclic esters (lactones) is 1. The van der Waals surface area contributed by atoms with Gasteiger partial charge in [0.25, 0.3) is 5.78 Å². The fourth-order valence-corrected chi connectivity index (χ4v) is 2.30. The van der Waals surface area contributed by atoms with Crippen molar-refractivity contribution >= 4 is 17.5 Å². The minimum Gasteiger partial charge on any atom is -0.507 e. The van der Waals surface area contributed by atoms with Gasteiger partial charge in [0.1, 0.15) is 11.6 Å². The van der Waals surface area contributed by atoms with Gasteiger partial charge in [-0.2, -0.15) is 0 Å². The topological polar surface area (TPSA) is 63.6 Å². The first-order valence-corrected chi connectivity index (χ1v) is 6.57. The van der Waals surface area contributed by atoms with Crippen molar-refractivity contribution in [3.05, 3.63) is 77.1 Å². The summed E-state index contributed by atoms with van der Waals surface area (Å²) in [4.78, 5) is 23.6. The Morgan fingerprint density at radius 3 is 2.27 bits per heavy atom. The molecule has 1 atom stereocenters. The average Bonchev–Trinajstić information content (AvgIpc) is 2.84. The van der Waals surface area contributed by atoms with Crippen molar-refractivity contribution in [2.24, 2.45) is 0 Å². The number of ether oxygens (including phenoxy) is 1. The van der Waals surface area contributed by atoms with E-state index in [-0.39, 0.29) is 11.3 Å². The fraction of sp³-hybridized carbons (Fsp3) is 0.0588. The second-order valence-electron chi connectivity index (χ2n) is 4.79. The highest BCUT2D eigenvalue weighted by molar-refractivity contribution is 6.44. The van der Waals surface area contributed by atoms with E-state index in [9.17, 15) is 19.1 Å². The van der Waals surface area contributed by atoms with Crippen molar-refractivity contribution in [1.82, 2.24) is 0 Å². The molecule has 2 aromatic carbocycles. The molecular formula is C17H11FO4. The zero-order valence-electron chi connectivity index (χ0n) is 11.3. The highest BCUT2D eigenvalue weighted by Crippen LogP contribution is 2.36. The lowest BCUT2D eigenvalue weighted by atomic mass is 9.97. The largest absolute Gasteiger partial charge is 0.507 e. The van der Waals surface area contributed by atoms with Crippen LogP contribution >= 0.6 is 0 Å². The molecule has 1 heterocycles. The predicted molar refractivity (Wildman–Crippen MR) is 76.2 cm³/mol. The quantitative estimate of drug-likeness (QED) is 0.401. The van der Waals surface area contributed by atoms with Crippen molar-refractivity contribution in [2.75, 3.05) is 0 Å². The van der Waals surface area contributed by atoms with Crippen LogP contribution in [0.15, 0.2) is 60.2 Å². The molecule has 1 aliphatic rings. The van der Waals surface area contributed by atoms with Crippen LogP contribution in [0.3, 0.4) is 0 Å². The summed E-state index contributed by atoms with van der Waals surface area (Å²) >= 11 is 0. The molecule has 1 aliphatic heterocycles. The number of hydrogen-bond donors (Lipinski definition) is 1. The summed E-state index contributed by atoms with van der Waals surface area (Å²) < 4.78 is 18.0. The average molecular weight is 298 g/mol. The summed E-state index contributed by atoms with van der Waals surface area (Å²) in [6.45, 7) is 0. The third-order valence-corrected chi connectivity index (χ3v) is 3.39. The molecule has 0 bridgehead atoms. The summed E-state index contributed by atoms with van der Waals surface area (Å²) in [6, 6.07) is 13.6. The number of ketones is 1. The number of halogens is 1. The van der Waals surface area contributed by atoms with E-state index < -0.39 is 23.7 Å². The molecule has 1 saturated heterocycles. The van der Waals surface area contributed by atoms with Gasteiger partial charge in [-0.05, 0) is 17.7 Å². The number of aliphatic hydroxyl groups excluding tert-OH is 1. The molecule has 0 radical (unpaired) electrons. The molecule has 2 aromatic rings. The number of rotatable bonds is 2. The third-order valence-electron chi connectivity index (χ3n) is 3.39. The smallest absolute Gasteiger partial charge is 0.380 e. The first kappa shape index (κ1) is 14.0. The molecule has 0 amide bonds. The van der Waals surface area contributed by atoms with Crippen molar-refractivity contribution in [1.29, 1.82) is 0 Å². The Hall–Kier alpha value is -2.95. The number of hydrogen-bond acceptors (Lipinski definition) is 4. The standard InChI is InChI=1S/C17H11FO4/c18-12-8-6-11(7-9-12)16-13(15(20)17(21)22-16)14(19)10-4-2-1-3-5-10/h1-9,16,19H/b14-13-/t16-/m1/s1. The molecule has 22 heavy (non-hydrogen) atoms. The van der Waals surface area contributed by atoms with Gasteiger partial charge in [0.05, 0.1) is 5.57 Å². The second kappa shape index (κ2) is 5.44. The van der Waals surface area contributed by atoms with Gasteiger partial charge in [0.2, 0.25) is 0 Å². The van der Waals surface area contributed by atoms with Crippen LogP contribution in [0.2, 0.25) is 0 Å². The summed E-state index contributed by atoms with van der Waals surface area (Å²) in [5, 5.41) is 10.3. The zero-order chi connectivity index (χ0) is 15.7. The number of aliphatic hydroxyl groups is 1. The summed E-state index contributed by atoms with van der Waals surface area (Å²) in [7, 11) is 0.